The fourth-order valence-electron chi connectivity index (χ4n) is 3.63. The molecule has 2 rings (SSSR count). The van der Waals surface area contributed by atoms with Gasteiger partial charge in [0, 0.05) is 6.07 Å². The molecule has 0 atom stereocenters. The SMILES string of the molecule is CCCCCCCCCCCCCc1cc(Oc2cccc(S(=O)(=O)O)c2)ccc1[O-].[K+]. The summed E-state index contributed by atoms with van der Waals surface area (Å²) in [5.41, 5.74) is 0.708. The molecule has 0 saturated heterocycles. The van der Waals surface area contributed by atoms with Crippen molar-refractivity contribution in [2.24, 2.45) is 0 Å². The van der Waals surface area contributed by atoms with Crippen LogP contribution in [-0.4, -0.2) is 13.0 Å². The average molecular weight is 487 g/mol. The van der Waals surface area contributed by atoms with E-state index in [9.17, 15) is 13.5 Å². The van der Waals surface area contributed by atoms with Crippen LogP contribution in [0.25, 0.3) is 0 Å². The van der Waals surface area contributed by atoms with Crippen molar-refractivity contribution in [2.75, 3.05) is 0 Å². The van der Waals surface area contributed by atoms with Gasteiger partial charge < -0.3 is 9.84 Å². The van der Waals surface area contributed by atoms with Crippen molar-refractivity contribution in [1.29, 1.82) is 0 Å². The molecule has 2 aromatic carbocycles. The van der Waals surface area contributed by atoms with Gasteiger partial charge in [-0.1, -0.05) is 88.8 Å². The van der Waals surface area contributed by atoms with Crippen LogP contribution in [-0.2, 0) is 16.5 Å². The molecule has 0 amide bonds. The predicted octanol–water partition coefficient (Wildman–Crippen LogP) is 3.66. The van der Waals surface area contributed by atoms with Gasteiger partial charge in [0.2, 0.25) is 0 Å². The summed E-state index contributed by atoms with van der Waals surface area (Å²) in [7, 11) is -4.29. The standard InChI is InChI=1S/C25H36O5S.K/c1-2-3-4-5-6-7-8-9-10-11-12-14-21-19-23(17-18-25(21)26)30-22-15-13-16-24(20-22)31(27,28)29;/h13,15-20,26H,2-12,14H2,1H3,(H,27,28,29);/q;+1/p-1. The topological polar surface area (TPSA) is 86.7 Å². The first-order valence-corrected chi connectivity index (χ1v) is 12.9. The van der Waals surface area contributed by atoms with Crippen molar-refractivity contribution < 1.29 is 74.2 Å². The summed E-state index contributed by atoms with van der Waals surface area (Å²) in [5.74, 6) is 0.755. The van der Waals surface area contributed by atoms with E-state index < -0.39 is 10.1 Å². The van der Waals surface area contributed by atoms with E-state index in [0.717, 1.165) is 12.8 Å². The normalized spacial score (nSPS) is 11.2. The molecule has 0 saturated carbocycles. The van der Waals surface area contributed by atoms with Gasteiger partial charge >= 0.3 is 51.4 Å². The molecule has 0 aromatic heterocycles. The van der Waals surface area contributed by atoms with Crippen LogP contribution in [0.3, 0.4) is 0 Å². The number of unbranched alkanes of at least 4 members (excludes halogenated alkanes) is 10. The van der Waals surface area contributed by atoms with Crippen molar-refractivity contribution in [3.05, 3.63) is 48.0 Å². The van der Waals surface area contributed by atoms with Crippen molar-refractivity contribution in [3.63, 3.8) is 0 Å². The van der Waals surface area contributed by atoms with Crippen LogP contribution < -0.4 is 61.2 Å². The Labute approximate surface area is 236 Å². The zero-order valence-electron chi connectivity index (χ0n) is 19.5. The molecule has 2 aromatic rings. The van der Waals surface area contributed by atoms with Crippen LogP contribution in [0.2, 0.25) is 0 Å². The molecular weight excluding hydrogens is 451 g/mol. The summed E-state index contributed by atoms with van der Waals surface area (Å²) in [6.45, 7) is 2.24. The molecule has 0 unspecified atom stereocenters. The minimum absolute atomic E-state index is 0. The number of hydrogen-bond donors (Lipinski definition) is 1. The predicted molar refractivity (Wildman–Crippen MR) is 122 cm³/mol. The Kier molecular flexibility index (Phi) is 15.0. The van der Waals surface area contributed by atoms with E-state index in [2.05, 4.69) is 6.92 Å². The number of rotatable bonds is 15. The van der Waals surface area contributed by atoms with Crippen LogP contribution in [0.4, 0.5) is 0 Å². The van der Waals surface area contributed by atoms with Gasteiger partial charge in [-0.05, 0) is 37.1 Å². The summed E-state index contributed by atoms with van der Waals surface area (Å²) in [5, 5.41) is 12.2. The molecule has 32 heavy (non-hydrogen) atoms. The molecule has 0 aliphatic heterocycles. The van der Waals surface area contributed by atoms with Gasteiger partial charge in [0.25, 0.3) is 10.1 Å². The Bertz CT molecular complexity index is 899. The van der Waals surface area contributed by atoms with Crippen LogP contribution >= 0.6 is 0 Å². The van der Waals surface area contributed by atoms with E-state index in [-0.39, 0.29) is 67.8 Å². The molecular formula is C25H35KO5S. The fraction of sp³-hybridized carbons (Fsp3) is 0.520. The zero-order chi connectivity index (χ0) is 22.5. The maximum absolute atomic E-state index is 12.2. The molecule has 172 valence electrons. The molecule has 0 fully saturated rings. The Morgan fingerprint density at radius 3 is 1.97 bits per heavy atom. The van der Waals surface area contributed by atoms with E-state index in [1.165, 1.54) is 82.1 Å². The van der Waals surface area contributed by atoms with Gasteiger partial charge in [-0.2, -0.15) is 8.42 Å². The summed E-state index contributed by atoms with van der Waals surface area (Å²) in [4.78, 5) is -0.230. The number of ether oxygens (including phenoxy) is 1. The van der Waals surface area contributed by atoms with Gasteiger partial charge in [-0.15, -0.1) is 5.75 Å². The second-order valence-corrected chi connectivity index (χ2v) is 9.53. The van der Waals surface area contributed by atoms with Crippen molar-refractivity contribution in [1.82, 2.24) is 0 Å². The van der Waals surface area contributed by atoms with Crippen molar-refractivity contribution in [3.8, 4) is 17.2 Å². The van der Waals surface area contributed by atoms with Gasteiger partial charge in [0.1, 0.15) is 11.5 Å². The van der Waals surface area contributed by atoms with E-state index in [1.807, 2.05) is 0 Å². The average Bonchev–Trinajstić information content (AvgIpc) is 2.74. The monoisotopic (exact) mass is 486 g/mol. The van der Waals surface area contributed by atoms with Crippen molar-refractivity contribution in [2.45, 2.75) is 88.9 Å². The third-order valence-electron chi connectivity index (χ3n) is 5.42. The van der Waals surface area contributed by atoms with Gasteiger partial charge in [0.05, 0.1) is 4.90 Å². The summed E-state index contributed by atoms with van der Waals surface area (Å²) < 4.78 is 37.4. The molecule has 0 radical (unpaired) electrons. The van der Waals surface area contributed by atoms with Crippen LogP contribution in [0.15, 0.2) is 47.4 Å². The van der Waals surface area contributed by atoms with E-state index in [1.54, 1.807) is 18.2 Å². The minimum atomic E-state index is -4.29. The maximum atomic E-state index is 12.2. The Balaban J connectivity index is 0.00000512. The van der Waals surface area contributed by atoms with Crippen LogP contribution in [0.1, 0.15) is 83.1 Å². The minimum Gasteiger partial charge on any atom is -0.872 e. The third kappa shape index (κ3) is 11.6. The van der Waals surface area contributed by atoms with Crippen molar-refractivity contribution >= 4 is 10.1 Å². The largest absolute Gasteiger partial charge is 1.00 e. The van der Waals surface area contributed by atoms with Crippen LogP contribution in [0, 0.1) is 0 Å². The number of benzene rings is 2. The van der Waals surface area contributed by atoms with E-state index in [0.29, 0.717) is 17.7 Å². The zero-order valence-corrected chi connectivity index (χ0v) is 23.5. The molecule has 1 N–H and O–H groups in total. The first-order valence-electron chi connectivity index (χ1n) is 11.5. The molecule has 0 heterocycles. The third-order valence-corrected chi connectivity index (χ3v) is 6.27. The Morgan fingerprint density at radius 2 is 1.38 bits per heavy atom. The molecule has 0 spiro atoms. The summed E-state index contributed by atoms with van der Waals surface area (Å²) >= 11 is 0. The quantitative estimate of drug-likeness (QED) is 0.236. The molecule has 7 heteroatoms. The molecule has 0 aliphatic rings. The fourth-order valence-corrected chi connectivity index (χ4v) is 4.14. The number of hydrogen-bond acceptors (Lipinski definition) is 4. The second kappa shape index (κ2) is 16.3. The van der Waals surface area contributed by atoms with Gasteiger partial charge in [0.15, 0.2) is 0 Å². The maximum Gasteiger partial charge on any atom is 1.00 e. The van der Waals surface area contributed by atoms with Gasteiger partial charge in [-0.25, -0.2) is 0 Å². The summed E-state index contributed by atoms with van der Waals surface area (Å²) in [6.07, 6.45) is 14.6. The molecule has 5 nitrogen and oxygen atoms in total. The number of aryl methyl sites for hydroxylation is 1. The smallest absolute Gasteiger partial charge is 0.872 e. The van der Waals surface area contributed by atoms with E-state index in [4.69, 9.17) is 9.29 Å². The van der Waals surface area contributed by atoms with Crippen LogP contribution in [0.5, 0.6) is 17.2 Å². The second-order valence-electron chi connectivity index (χ2n) is 8.11. The Hall–Kier alpha value is -0.414. The first kappa shape index (κ1) is 29.6. The molecule has 0 aliphatic carbocycles. The van der Waals surface area contributed by atoms with Gasteiger partial charge in [-0.3, -0.25) is 4.55 Å². The van der Waals surface area contributed by atoms with E-state index >= 15 is 0 Å². The molecule has 0 bridgehead atoms. The first-order chi connectivity index (χ1) is 14.9. The summed E-state index contributed by atoms with van der Waals surface area (Å²) in [6, 6.07) is 10.4. The Morgan fingerprint density at radius 1 is 0.812 bits per heavy atom.